The zero-order valence-electron chi connectivity index (χ0n) is 15.0. The molecule has 8 heteroatoms. The number of amidine groups is 2. The van der Waals surface area contributed by atoms with Crippen molar-refractivity contribution in [1.29, 1.82) is 0 Å². The summed E-state index contributed by atoms with van der Waals surface area (Å²) in [5.41, 5.74) is 2.07. The van der Waals surface area contributed by atoms with Gasteiger partial charge in [0.25, 0.3) is 17.6 Å². The Morgan fingerprint density at radius 3 is 2.67 bits per heavy atom. The van der Waals surface area contributed by atoms with Crippen molar-refractivity contribution in [2.45, 2.75) is 19.9 Å². The van der Waals surface area contributed by atoms with Crippen LogP contribution < -0.4 is 11.2 Å². The van der Waals surface area contributed by atoms with Gasteiger partial charge in [0, 0.05) is 17.2 Å². The number of amides is 1. The van der Waals surface area contributed by atoms with Crippen molar-refractivity contribution in [3.8, 4) is 0 Å². The van der Waals surface area contributed by atoms with Gasteiger partial charge in [-0.25, -0.2) is 4.99 Å². The molecule has 1 aromatic heterocycles. The maximum Gasteiger partial charge on any atom is 0.300 e. The Morgan fingerprint density at radius 1 is 1.22 bits per heavy atom. The molecule has 8 nitrogen and oxygen atoms in total. The van der Waals surface area contributed by atoms with Gasteiger partial charge in [0.05, 0.1) is 6.26 Å². The molecule has 0 aliphatic carbocycles. The molecule has 0 fully saturated rings. The van der Waals surface area contributed by atoms with Crippen molar-refractivity contribution in [1.82, 2.24) is 5.32 Å². The highest BCUT2D eigenvalue weighted by Gasteiger charge is 2.40. The fourth-order valence-corrected chi connectivity index (χ4v) is 2.78. The van der Waals surface area contributed by atoms with Gasteiger partial charge in [-0.1, -0.05) is 12.1 Å². The highest BCUT2D eigenvalue weighted by molar-refractivity contribution is 6.32. The number of hydrogen-bond acceptors (Lipinski definition) is 6. The van der Waals surface area contributed by atoms with E-state index in [-0.39, 0.29) is 16.7 Å². The Morgan fingerprint density at radius 2 is 2.00 bits per heavy atom. The molecule has 1 atom stereocenters. The van der Waals surface area contributed by atoms with Crippen LogP contribution in [0.3, 0.4) is 0 Å². The highest BCUT2D eigenvalue weighted by Crippen LogP contribution is 2.26. The number of quaternary nitrogens is 1. The zero-order valence-corrected chi connectivity index (χ0v) is 15.0. The molecule has 4 rings (SSSR count). The molecular weight excluding hydrogens is 344 g/mol. The number of carbonyl (C=O) groups is 1. The van der Waals surface area contributed by atoms with E-state index in [1.54, 1.807) is 42.9 Å². The second kappa shape index (κ2) is 6.42. The van der Waals surface area contributed by atoms with Gasteiger partial charge >= 0.3 is 0 Å². The van der Waals surface area contributed by atoms with E-state index in [1.807, 2.05) is 26.0 Å². The van der Waals surface area contributed by atoms with Crippen LogP contribution in [0.2, 0.25) is 0 Å². The summed E-state index contributed by atoms with van der Waals surface area (Å²) in [6.45, 7) is 3.84. The Balaban J connectivity index is 1.60. The van der Waals surface area contributed by atoms with Crippen LogP contribution in [0.15, 0.2) is 68.4 Å². The summed E-state index contributed by atoms with van der Waals surface area (Å²) in [7, 11) is 0. The molecule has 2 aliphatic heterocycles. The molecule has 3 N–H and O–H groups in total. The minimum Gasteiger partial charge on any atom is -0.461 e. The van der Waals surface area contributed by atoms with Crippen LogP contribution in [0, 0.1) is 0 Å². The van der Waals surface area contributed by atoms with Gasteiger partial charge in [-0.15, -0.1) is 5.84 Å². The number of carbonyl (C=O) groups excluding carboxylic acids is 1. The first-order valence-corrected chi connectivity index (χ1v) is 8.53. The lowest BCUT2D eigenvalue weighted by molar-refractivity contribution is -0.802. The maximum atomic E-state index is 12.1. The summed E-state index contributed by atoms with van der Waals surface area (Å²) in [6, 6.07) is 10.8. The average molecular weight is 363 g/mol. The fourth-order valence-electron chi connectivity index (χ4n) is 2.78. The third-order valence-electron chi connectivity index (χ3n) is 4.09. The van der Waals surface area contributed by atoms with Crippen LogP contribution >= 0.6 is 0 Å². The number of furan rings is 1. The van der Waals surface area contributed by atoms with Crippen molar-refractivity contribution < 1.29 is 13.9 Å². The van der Waals surface area contributed by atoms with E-state index in [0.29, 0.717) is 28.7 Å². The Hall–Kier alpha value is -3.36. The van der Waals surface area contributed by atoms with Crippen LogP contribution in [0.1, 0.15) is 35.5 Å². The highest BCUT2D eigenvalue weighted by atomic mass is 16.3. The maximum absolute atomic E-state index is 12.1. The quantitative estimate of drug-likeness (QED) is 0.643. The molecule has 2 aliphatic rings. The van der Waals surface area contributed by atoms with E-state index in [0.717, 1.165) is 5.56 Å². The Labute approximate surface area is 156 Å². The largest absolute Gasteiger partial charge is 0.461 e. The van der Waals surface area contributed by atoms with E-state index in [1.165, 1.54) is 0 Å². The fraction of sp³-hybridized carbons (Fsp3) is 0.158. The lowest BCUT2D eigenvalue weighted by Gasteiger charge is -2.19. The molecular formula is C19H19N6O2+. The van der Waals surface area contributed by atoms with Gasteiger partial charge in [-0.3, -0.25) is 4.79 Å². The van der Waals surface area contributed by atoms with Crippen LogP contribution in [0.25, 0.3) is 5.70 Å². The first kappa shape index (κ1) is 17.1. The van der Waals surface area contributed by atoms with Crippen molar-refractivity contribution in [3.63, 3.8) is 0 Å². The van der Waals surface area contributed by atoms with Gasteiger partial charge in [-0.05, 0) is 47.9 Å². The topological polar surface area (TPSA) is 105 Å². The number of aliphatic imine (C=N–C) groups is 2. The van der Waals surface area contributed by atoms with Crippen LogP contribution in [0.5, 0.6) is 0 Å². The number of nitrogens with zero attached hydrogens (tertiary/aromatic N) is 4. The predicted molar refractivity (Wildman–Crippen MR) is 103 cm³/mol. The minimum absolute atomic E-state index is 0.0820. The number of benzene rings is 1. The van der Waals surface area contributed by atoms with Crippen molar-refractivity contribution in [2.75, 3.05) is 0 Å². The summed E-state index contributed by atoms with van der Waals surface area (Å²) < 4.78 is 5.01. The number of nitrogens with two attached hydrogens (primary N) is 1. The lowest BCUT2D eigenvalue weighted by Crippen LogP contribution is -2.50. The van der Waals surface area contributed by atoms with Crippen LogP contribution in [-0.4, -0.2) is 34.5 Å². The monoisotopic (exact) mass is 363 g/mol. The lowest BCUT2D eigenvalue weighted by atomic mass is 10.1. The molecule has 0 spiro atoms. The zero-order chi connectivity index (χ0) is 19.0. The molecule has 1 unspecified atom stereocenters. The smallest absolute Gasteiger partial charge is 0.300 e. The molecule has 27 heavy (non-hydrogen) atoms. The summed E-state index contributed by atoms with van der Waals surface area (Å²) in [6.07, 6.45) is 4.86. The normalized spacial score (nSPS) is 20.8. The molecule has 0 saturated heterocycles. The van der Waals surface area contributed by atoms with Crippen molar-refractivity contribution in [2.24, 2.45) is 20.9 Å². The third kappa shape index (κ3) is 3.23. The van der Waals surface area contributed by atoms with Gasteiger partial charge < -0.3 is 9.73 Å². The second-order valence-corrected chi connectivity index (χ2v) is 6.59. The standard InChI is InChI=1S/C19H18N6O2/c1-12(2)22-19(26)14-7-5-13(6-8-14)15-11-25(20)17(10-21-15)23-18(24-25)16-4-3-9-27-16/h3-12H,20H2,1-2H3/p+1. The van der Waals surface area contributed by atoms with E-state index in [4.69, 9.17) is 10.3 Å². The Kier molecular flexibility index (Phi) is 4.06. The molecule has 3 heterocycles. The SMILES string of the molecule is CC(C)NC(=O)c1ccc(C2=C[N+]3(N)N=C(c4ccco4)N=C3C=N2)cc1. The van der Waals surface area contributed by atoms with E-state index >= 15 is 0 Å². The number of rotatable bonds is 4. The van der Waals surface area contributed by atoms with E-state index in [2.05, 4.69) is 20.4 Å². The van der Waals surface area contributed by atoms with Crippen LogP contribution in [-0.2, 0) is 0 Å². The minimum atomic E-state index is -0.329. The van der Waals surface area contributed by atoms with Crippen LogP contribution in [0.4, 0.5) is 0 Å². The van der Waals surface area contributed by atoms with Gasteiger partial charge in [0.15, 0.2) is 12.0 Å². The molecule has 0 bridgehead atoms. The summed E-state index contributed by atoms with van der Waals surface area (Å²) >= 11 is 0. The Bertz CT molecular complexity index is 999. The average Bonchev–Trinajstić information content (AvgIpc) is 3.27. The van der Waals surface area contributed by atoms with E-state index < -0.39 is 0 Å². The van der Waals surface area contributed by atoms with E-state index in [9.17, 15) is 4.79 Å². The first-order chi connectivity index (χ1) is 12.9. The summed E-state index contributed by atoms with van der Waals surface area (Å²) in [5.74, 6) is 7.72. The second-order valence-electron chi connectivity index (χ2n) is 6.59. The van der Waals surface area contributed by atoms with Gasteiger partial charge in [-0.2, -0.15) is 4.99 Å². The summed E-state index contributed by atoms with van der Waals surface area (Å²) in [4.78, 5) is 20.9. The molecule has 1 aromatic carbocycles. The third-order valence-corrected chi connectivity index (χ3v) is 4.09. The van der Waals surface area contributed by atoms with Gasteiger partial charge in [0.2, 0.25) is 0 Å². The predicted octanol–water partition coefficient (Wildman–Crippen LogP) is 2.27. The molecule has 0 saturated carbocycles. The first-order valence-electron chi connectivity index (χ1n) is 8.53. The molecule has 0 radical (unpaired) electrons. The number of fused-ring (bicyclic) bond motifs is 1. The van der Waals surface area contributed by atoms with Crippen molar-refractivity contribution in [3.05, 3.63) is 65.7 Å². The van der Waals surface area contributed by atoms with Crippen molar-refractivity contribution >= 4 is 29.5 Å². The molecule has 136 valence electrons. The van der Waals surface area contributed by atoms with Gasteiger partial charge in [0.1, 0.15) is 11.9 Å². The summed E-state index contributed by atoms with van der Waals surface area (Å²) in [5, 5.41) is 7.31. The molecule has 2 aromatic rings. The number of nitrogens with one attached hydrogen (secondary N) is 1. The number of hydrogen-bond donors (Lipinski definition) is 2. The molecule has 1 amide bonds.